The predicted octanol–water partition coefficient (Wildman–Crippen LogP) is 4.44. The van der Waals surface area contributed by atoms with Crippen molar-refractivity contribution in [2.24, 2.45) is 5.10 Å². The lowest BCUT2D eigenvalue weighted by molar-refractivity contribution is -0.133. The summed E-state index contributed by atoms with van der Waals surface area (Å²) in [6.45, 7) is -0.0545. The van der Waals surface area contributed by atoms with Gasteiger partial charge >= 0.3 is 0 Å². The third-order valence-electron chi connectivity index (χ3n) is 6.10. The molecule has 4 rings (SSSR count). The smallest absolute Gasteiger partial charge is 0.262 e. The van der Waals surface area contributed by atoms with Crippen LogP contribution in [0.15, 0.2) is 77.9 Å². The van der Waals surface area contributed by atoms with Crippen LogP contribution in [0.1, 0.15) is 33.9 Å². The standard InChI is InChI=1S/C28H27F2N3O4/c1-36-15-14-32(28(35)19-8-7-9-20(29)16-19)18-27(34)33-25(22-11-4-6-13-26(22)37-2)17-24(31-33)21-10-3-5-12-23(21)30/h3-13,16,25H,14-15,17-18H2,1-2H3. The minimum absolute atomic E-state index is 0.106. The number of benzene rings is 3. The van der Waals surface area contributed by atoms with E-state index in [-0.39, 0.29) is 31.7 Å². The van der Waals surface area contributed by atoms with Crippen molar-refractivity contribution in [1.82, 2.24) is 9.91 Å². The predicted molar refractivity (Wildman–Crippen MR) is 134 cm³/mol. The molecule has 0 fully saturated rings. The van der Waals surface area contributed by atoms with Gasteiger partial charge in [0, 0.05) is 36.8 Å². The van der Waals surface area contributed by atoms with Gasteiger partial charge in [-0.3, -0.25) is 9.59 Å². The van der Waals surface area contributed by atoms with E-state index in [9.17, 15) is 18.4 Å². The summed E-state index contributed by atoms with van der Waals surface area (Å²) >= 11 is 0. The van der Waals surface area contributed by atoms with Gasteiger partial charge in [-0.25, -0.2) is 13.8 Å². The quantitative estimate of drug-likeness (QED) is 0.429. The van der Waals surface area contributed by atoms with Gasteiger partial charge in [0.2, 0.25) is 0 Å². The van der Waals surface area contributed by atoms with E-state index in [1.54, 1.807) is 24.3 Å². The molecule has 1 unspecified atom stereocenters. The van der Waals surface area contributed by atoms with Crippen molar-refractivity contribution in [3.63, 3.8) is 0 Å². The maximum absolute atomic E-state index is 14.6. The van der Waals surface area contributed by atoms with Gasteiger partial charge in [0.15, 0.2) is 0 Å². The summed E-state index contributed by atoms with van der Waals surface area (Å²) in [6.07, 6.45) is 0.253. The maximum Gasteiger partial charge on any atom is 0.262 e. The van der Waals surface area contributed by atoms with Gasteiger partial charge in [0.05, 0.1) is 25.5 Å². The molecule has 2 amide bonds. The molecule has 1 aliphatic rings. The Morgan fingerprint density at radius 3 is 2.51 bits per heavy atom. The van der Waals surface area contributed by atoms with Crippen LogP contribution in [0, 0.1) is 11.6 Å². The molecule has 0 spiro atoms. The fourth-order valence-electron chi connectivity index (χ4n) is 4.28. The van der Waals surface area contributed by atoms with Crippen LogP contribution in [-0.2, 0) is 9.53 Å². The first kappa shape index (κ1) is 26.0. The Hall–Kier alpha value is -4.11. The summed E-state index contributed by atoms with van der Waals surface area (Å²) in [7, 11) is 3.01. The van der Waals surface area contributed by atoms with E-state index in [1.807, 2.05) is 18.2 Å². The van der Waals surface area contributed by atoms with E-state index in [0.29, 0.717) is 22.6 Å². The molecule has 3 aromatic rings. The summed E-state index contributed by atoms with van der Waals surface area (Å²) in [5, 5.41) is 5.78. The van der Waals surface area contributed by atoms with Crippen molar-refractivity contribution in [1.29, 1.82) is 0 Å². The Labute approximate surface area is 213 Å². The van der Waals surface area contributed by atoms with Crippen LogP contribution >= 0.6 is 0 Å². The molecule has 3 aromatic carbocycles. The third-order valence-corrected chi connectivity index (χ3v) is 6.10. The van der Waals surface area contributed by atoms with Crippen LogP contribution in [0.25, 0.3) is 0 Å². The van der Waals surface area contributed by atoms with Gasteiger partial charge in [-0.2, -0.15) is 5.10 Å². The van der Waals surface area contributed by atoms with Crippen LogP contribution in [0.2, 0.25) is 0 Å². The second-order valence-electron chi connectivity index (χ2n) is 8.46. The van der Waals surface area contributed by atoms with Crippen LogP contribution in [0.5, 0.6) is 5.75 Å². The lowest BCUT2D eigenvalue weighted by atomic mass is 9.97. The van der Waals surface area contributed by atoms with Gasteiger partial charge in [-0.1, -0.05) is 42.5 Å². The van der Waals surface area contributed by atoms with E-state index in [1.165, 1.54) is 48.4 Å². The lowest BCUT2D eigenvalue weighted by Crippen LogP contribution is -2.42. The molecule has 0 N–H and O–H groups in total. The van der Waals surface area contributed by atoms with Crippen molar-refractivity contribution in [2.75, 3.05) is 33.9 Å². The fraction of sp³-hybridized carbons (Fsp3) is 0.250. The molecule has 0 saturated heterocycles. The Morgan fingerprint density at radius 2 is 1.78 bits per heavy atom. The molecule has 1 atom stereocenters. The first-order valence-electron chi connectivity index (χ1n) is 11.7. The number of hydrogen-bond acceptors (Lipinski definition) is 5. The van der Waals surface area contributed by atoms with Crippen molar-refractivity contribution in [3.8, 4) is 5.75 Å². The summed E-state index contributed by atoms with van der Waals surface area (Å²) < 4.78 is 39.0. The monoisotopic (exact) mass is 507 g/mol. The average Bonchev–Trinajstić information content (AvgIpc) is 3.36. The maximum atomic E-state index is 14.6. The number of rotatable bonds is 9. The fourth-order valence-corrected chi connectivity index (χ4v) is 4.28. The van der Waals surface area contributed by atoms with E-state index >= 15 is 0 Å². The van der Waals surface area contributed by atoms with Gasteiger partial charge in [0.25, 0.3) is 11.8 Å². The minimum Gasteiger partial charge on any atom is -0.496 e. The molecule has 0 aromatic heterocycles. The topological polar surface area (TPSA) is 71.4 Å². The van der Waals surface area contributed by atoms with Crippen molar-refractivity contribution in [2.45, 2.75) is 12.5 Å². The highest BCUT2D eigenvalue weighted by Gasteiger charge is 2.36. The van der Waals surface area contributed by atoms with Crippen LogP contribution < -0.4 is 4.74 Å². The van der Waals surface area contributed by atoms with Crippen molar-refractivity contribution in [3.05, 3.63) is 101 Å². The molecule has 1 heterocycles. The van der Waals surface area contributed by atoms with Crippen LogP contribution in [0.3, 0.4) is 0 Å². The van der Waals surface area contributed by atoms with E-state index in [0.717, 1.165) is 6.07 Å². The number of amides is 2. The molecule has 0 radical (unpaired) electrons. The Balaban J connectivity index is 1.67. The zero-order chi connectivity index (χ0) is 26.4. The van der Waals surface area contributed by atoms with Gasteiger partial charge in [-0.05, 0) is 30.3 Å². The molecule has 37 heavy (non-hydrogen) atoms. The number of hydrazone groups is 1. The van der Waals surface area contributed by atoms with Crippen LogP contribution in [-0.4, -0.2) is 61.4 Å². The van der Waals surface area contributed by atoms with E-state index in [4.69, 9.17) is 9.47 Å². The second-order valence-corrected chi connectivity index (χ2v) is 8.46. The number of hydrogen-bond donors (Lipinski definition) is 0. The Bertz CT molecular complexity index is 1310. The summed E-state index contributed by atoms with van der Waals surface area (Å²) in [4.78, 5) is 28.1. The first-order valence-corrected chi connectivity index (χ1v) is 11.7. The molecule has 1 aliphatic heterocycles. The number of methoxy groups -OCH3 is 2. The molecule has 0 saturated carbocycles. The van der Waals surface area contributed by atoms with Gasteiger partial charge < -0.3 is 14.4 Å². The molecular weight excluding hydrogens is 480 g/mol. The largest absolute Gasteiger partial charge is 0.496 e. The second kappa shape index (κ2) is 11.7. The zero-order valence-electron chi connectivity index (χ0n) is 20.6. The van der Waals surface area contributed by atoms with E-state index in [2.05, 4.69) is 5.10 Å². The van der Waals surface area contributed by atoms with Gasteiger partial charge in [-0.15, -0.1) is 0 Å². The molecule has 0 aliphatic carbocycles. The number of carbonyl (C=O) groups is 2. The van der Waals surface area contributed by atoms with Gasteiger partial charge in [0.1, 0.15) is 23.9 Å². The number of carbonyl (C=O) groups excluding carboxylic acids is 2. The number of para-hydroxylation sites is 1. The summed E-state index contributed by atoms with van der Waals surface area (Å²) in [5.74, 6) is -1.45. The lowest BCUT2D eigenvalue weighted by Gasteiger charge is -2.27. The highest BCUT2D eigenvalue weighted by Crippen LogP contribution is 2.37. The first-order chi connectivity index (χ1) is 17.9. The van der Waals surface area contributed by atoms with Crippen LogP contribution in [0.4, 0.5) is 8.78 Å². The molecule has 9 heteroatoms. The SMILES string of the molecule is COCCN(CC(=O)N1N=C(c2ccccc2F)CC1c1ccccc1OC)C(=O)c1cccc(F)c1. The van der Waals surface area contributed by atoms with Crippen molar-refractivity contribution >= 4 is 17.5 Å². The third kappa shape index (κ3) is 5.83. The van der Waals surface area contributed by atoms with E-state index < -0.39 is 29.5 Å². The molecule has 0 bridgehead atoms. The highest BCUT2D eigenvalue weighted by atomic mass is 19.1. The average molecular weight is 508 g/mol. The summed E-state index contributed by atoms with van der Waals surface area (Å²) in [5.41, 5.74) is 1.52. The Morgan fingerprint density at radius 1 is 1.03 bits per heavy atom. The number of ether oxygens (including phenoxy) is 2. The minimum atomic E-state index is -0.577. The molecule has 7 nitrogen and oxygen atoms in total. The summed E-state index contributed by atoms with van der Waals surface area (Å²) in [6, 6.07) is 18.2. The zero-order valence-corrected chi connectivity index (χ0v) is 20.6. The Kier molecular flexibility index (Phi) is 8.25. The number of nitrogens with zero attached hydrogens (tertiary/aromatic N) is 3. The molecule has 192 valence electrons. The van der Waals surface area contributed by atoms with Crippen molar-refractivity contribution < 1.29 is 27.8 Å². The number of halogens is 2. The molecular formula is C28H27F2N3O4. The normalized spacial score (nSPS) is 14.9. The highest BCUT2D eigenvalue weighted by molar-refractivity contribution is 6.04.